The molecule has 1 heterocycles. The van der Waals surface area contributed by atoms with Gasteiger partial charge < -0.3 is 0 Å². The van der Waals surface area contributed by atoms with Gasteiger partial charge in [-0.25, -0.2) is 0 Å². The zero-order valence-electron chi connectivity index (χ0n) is 8.04. The van der Waals surface area contributed by atoms with E-state index >= 15 is 0 Å². The summed E-state index contributed by atoms with van der Waals surface area (Å²) >= 11 is -1.23. The first-order valence-electron chi connectivity index (χ1n) is 5.17. The van der Waals surface area contributed by atoms with Gasteiger partial charge >= 0.3 is 83.4 Å². The van der Waals surface area contributed by atoms with E-state index in [9.17, 15) is 4.79 Å². The molecule has 3 nitrogen and oxygen atoms in total. The van der Waals surface area contributed by atoms with E-state index < -0.39 is 20.3 Å². The molecule has 4 heteroatoms. The van der Waals surface area contributed by atoms with Crippen LogP contribution in [0.5, 0.6) is 0 Å². The van der Waals surface area contributed by atoms with Crippen LogP contribution in [0.25, 0.3) is 0 Å². The number of rotatable bonds is 4. The van der Waals surface area contributed by atoms with Gasteiger partial charge in [0, 0.05) is 0 Å². The summed E-state index contributed by atoms with van der Waals surface area (Å²) in [7, 11) is 0. The van der Waals surface area contributed by atoms with Crippen LogP contribution in [0.2, 0.25) is 10.5 Å². The van der Waals surface area contributed by atoms with E-state index in [-0.39, 0.29) is 6.42 Å². The van der Waals surface area contributed by atoms with Crippen LogP contribution in [0.1, 0.15) is 32.1 Å². The maximum atomic E-state index is 10.4. The van der Waals surface area contributed by atoms with Crippen molar-refractivity contribution < 1.29 is 9.90 Å². The molecule has 0 radical (unpaired) electrons. The number of nitrogens with two attached hydrogens (primary N) is 1. The molecule has 1 rings (SSSR count). The summed E-state index contributed by atoms with van der Waals surface area (Å²) in [6.45, 7) is 0. The molecule has 0 aromatic carbocycles. The molecule has 1 fully saturated rings. The summed E-state index contributed by atoms with van der Waals surface area (Å²) < 4.78 is 0. The molecule has 1 atom stereocenters. The second kappa shape index (κ2) is 5.65. The Hall–Kier alpha value is -0.0271. The van der Waals surface area contributed by atoms with Crippen molar-refractivity contribution in [2.75, 3.05) is 0 Å². The first-order valence-corrected chi connectivity index (χ1v) is 10.00. The van der Waals surface area contributed by atoms with Gasteiger partial charge in [0.15, 0.2) is 0 Å². The van der Waals surface area contributed by atoms with Crippen molar-refractivity contribution >= 4 is 20.3 Å². The van der Waals surface area contributed by atoms with Gasteiger partial charge in [-0.15, -0.1) is 0 Å². The molecule has 3 N–H and O–H groups in total. The van der Waals surface area contributed by atoms with Crippen LogP contribution < -0.4 is 5.73 Å². The Balaban J connectivity index is 2.20. The van der Waals surface area contributed by atoms with Crippen molar-refractivity contribution in [1.82, 2.24) is 0 Å². The molecule has 13 heavy (non-hydrogen) atoms. The van der Waals surface area contributed by atoms with Crippen molar-refractivity contribution in [3.8, 4) is 0 Å². The van der Waals surface area contributed by atoms with Crippen LogP contribution in [-0.4, -0.2) is 30.3 Å². The summed E-state index contributed by atoms with van der Waals surface area (Å²) in [5, 5.41) is 11.3. The maximum absolute atomic E-state index is 10.4. The van der Waals surface area contributed by atoms with E-state index in [2.05, 4.69) is 0 Å². The number of carboxylic acids is 1. The van der Waals surface area contributed by atoms with Crippen LogP contribution in [0.4, 0.5) is 0 Å². The predicted molar refractivity (Wildman–Crippen MR) is 55.5 cm³/mol. The molecular formula is C9H19GeNO2. The van der Waals surface area contributed by atoms with Gasteiger partial charge in [0.2, 0.25) is 0 Å². The zero-order valence-corrected chi connectivity index (χ0v) is 10.5. The normalized spacial score (nSPS) is 21.3. The van der Waals surface area contributed by atoms with Crippen molar-refractivity contribution in [3.05, 3.63) is 0 Å². The standard InChI is InChI=1S/C9H19GeNO2/c11-8(4-5-9(12)13)10-6-2-1-3-7-10/h8,10H,1-7,11H2,(H,12,13). The number of carbonyl (C=O) groups is 1. The van der Waals surface area contributed by atoms with Gasteiger partial charge in [-0.1, -0.05) is 0 Å². The average Bonchev–Trinajstić information content (AvgIpc) is 2.15. The predicted octanol–water partition coefficient (Wildman–Crippen LogP) is 1.13. The minimum absolute atomic E-state index is 0.267. The number of hydrogen-bond donors (Lipinski definition) is 2. The third-order valence-electron chi connectivity index (χ3n) is 2.95. The van der Waals surface area contributed by atoms with Crippen molar-refractivity contribution in [2.24, 2.45) is 5.73 Å². The zero-order chi connectivity index (χ0) is 9.68. The van der Waals surface area contributed by atoms with E-state index in [0.29, 0.717) is 4.87 Å². The van der Waals surface area contributed by atoms with Crippen LogP contribution >= 0.6 is 0 Å². The molecule has 76 valence electrons. The van der Waals surface area contributed by atoms with E-state index in [1.165, 1.54) is 29.8 Å². The molecule has 1 aliphatic heterocycles. The molecular weight excluding hydrogens is 227 g/mol. The van der Waals surface area contributed by atoms with Crippen molar-refractivity contribution in [3.63, 3.8) is 0 Å². The Bertz CT molecular complexity index is 169. The Morgan fingerprint density at radius 1 is 1.38 bits per heavy atom. The van der Waals surface area contributed by atoms with Gasteiger partial charge in [0.25, 0.3) is 0 Å². The quantitative estimate of drug-likeness (QED) is 0.730. The Morgan fingerprint density at radius 2 is 2.00 bits per heavy atom. The number of carboxylic acid groups (broad SMARTS) is 1. The van der Waals surface area contributed by atoms with Gasteiger partial charge in [0.1, 0.15) is 0 Å². The summed E-state index contributed by atoms with van der Waals surface area (Å²) in [5.74, 6) is -0.700. The van der Waals surface area contributed by atoms with Crippen LogP contribution in [0.3, 0.4) is 0 Å². The second-order valence-electron chi connectivity index (χ2n) is 3.99. The first kappa shape index (κ1) is 11.0. The van der Waals surface area contributed by atoms with Gasteiger partial charge in [-0.05, 0) is 0 Å². The third-order valence-corrected chi connectivity index (χ3v) is 11.0. The third kappa shape index (κ3) is 4.13. The molecule has 1 saturated heterocycles. The van der Waals surface area contributed by atoms with Crippen LogP contribution in [0.15, 0.2) is 0 Å². The van der Waals surface area contributed by atoms with Crippen molar-refractivity contribution in [1.29, 1.82) is 0 Å². The Labute approximate surface area is 83.8 Å². The van der Waals surface area contributed by atoms with E-state index in [1.54, 1.807) is 0 Å². The Morgan fingerprint density at radius 3 is 2.54 bits per heavy atom. The first-order chi connectivity index (χ1) is 6.20. The number of hydrogen-bond acceptors (Lipinski definition) is 2. The Kier molecular flexibility index (Phi) is 4.80. The summed E-state index contributed by atoms with van der Waals surface area (Å²) in [4.78, 5) is 10.6. The van der Waals surface area contributed by atoms with E-state index in [4.69, 9.17) is 10.8 Å². The number of aliphatic carboxylic acids is 1. The SMILES string of the molecule is N[CH](CCC(=O)O)[GeH]1[CH2]CCC[CH2]1. The topological polar surface area (TPSA) is 63.3 Å². The molecule has 1 aliphatic rings. The minimum atomic E-state index is -1.23. The molecule has 1 unspecified atom stereocenters. The molecule has 0 aromatic rings. The van der Waals surface area contributed by atoms with Gasteiger partial charge in [0.05, 0.1) is 0 Å². The molecule has 0 bridgehead atoms. The van der Waals surface area contributed by atoms with Gasteiger partial charge in [-0.2, -0.15) is 0 Å². The molecule has 0 aliphatic carbocycles. The van der Waals surface area contributed by atoms with E-state index in [0.717, 1.165) is 6.42 Å². The fourth-order valence-electron chi connectivity index (χ4n) is 2.09. The monoisotopic (exact) mass is 247 g/mol. The molecule has 0 spiro atoms. The fraction of sp³-hybridized carbons (Fsp3) is 0.889. The average molecular weight is 246 g/mol. The molecule has 0 aromatic heterocycles. The molecule has 0 saturated carbocycles. The fourth-order valence-corrected chi connectivity index (χ4v) is 9.24. The van der Waals surface area contributed by atoms with E-state index in [1.807, 2.05) is 0 Å². The summed E-state index contributed by atoms with van der Waals surface area (Å²) in [6, 6.07) is 0. The second-order valence-corrected chi connectivity index (χ2v) is 11.4. The van der Waals surface area contributed by atoms with Crippen LogP contribution in [0, 0.1) is 0 Å². The van der Waals surface area contributed by atoms with Crippen LogP contribution in [-0.2, 0) is 4.79 Å². The summed E-state index contributed by atoms with van der Waals surface area (Å²) in [6.07, 6.45) is 5.06. The van der Waals surface area contributed by atoms with Gasteiger partial charge in [-0.3, -0.25) is 0 Å². The molecule has 0 amide bonds. The summed E-state index contributed by atoms with van der Waals surface area (Å²) in [5.41, 5.74) is 6.02. The van der Waals surface area contributed by atoms with Crippen molar-refractivity contribution in [2.45, 2.75) is 47.5 Å².